The fourth-order valence-corrected chi connectivity index (χ4v) is 3.01. The van der Waals surface area contributed by atoms with Crippen LogP contribution in [-0.2, 0) is 9.59 Å². The maximum absolute atomic E-state index is 12.4. The molecule has 1 atom stereocenters. The Morgan fingerprint density at radius 2 is 1.52 bits per heavy atom. The number of likely N-dealkylation sites (N-methyl/N-ethyl adjacent to an activating group) is 1. The molecule has 0 aliphatic rings. The maximum atomic E-state index is 12.4. The molecule has 0 spiro atoms. The van der Waals surface area contributed by atoms with Crippen LogP contribution in [0.3, 0.4) is 0 Å². The van der Waals surface area contributed by atoms with Crippen LogP contribution in [0.15, 0.2) is 36.4 Å². The molecular formula is C21H27ClN3O2+. The van der Waals surface area contributed by atoms with Crippen LogP contribution in [0.4, 0.5) is 11.4 Å². The van der Waals surface area contributed by atoms with Gasteiger partial charge in [0.05, 0.1) is 6.54 Å². The number of rotatable bonds is 7. The maximum Gasteiger partial charge on any atom is 0.279 e. The Hall–Kier alpha value is -2.37. The first kappa shape index (κ1) is 20.9. The third-order valence-corrected chi connectivity index (χ3v) is 4.69. The number of hydrogen-bond donors (Lipinski definition) is 3. The van der Waals surface area contributed by atoms with Crippen molar-refractivity contribution in [3.8, 4) is 0 Å². The molecule has 2 amide bonds. The highest BCUT2D eigenvalue weighted by atomic mass is 35.5. The number of quaternary nitrogens is 1. The van der Waals surface area contributed by atoms with Crippen molar-refractivity contribution in [1.29, 1.82) is 0 Å². The van der Waals surface area contributed by atoms with E-state index in [1.165, 1.54) is 0 Å². The normalized spacial score (nSPS) is 11.7. The van der Waals surface area contributed by atoms with Crippen molar-refractivity contribution in [2.45, 2.75) is 27.7 Å². The van der Waals surface area contributed by atoms with Crippen LogP contribution < -0.4 is 15.5 Å². The van der Waals surface area contributed by atoms with Crippen LogP contribution in [0.5, 0.6) is 0 Å². The zero-order valence-corrected chi connectivity index (χ0v) is 17.0. The van der Waals surface area contributed by atoms with Crippen LogP contribution in [0.2, 0.25) is 5.02 Å². The summed E-state index contributed by atoms with van der Waals surface area (Å²) in [7, 11) is 0. The van der Waals surface area contributed by atoms with Crippen molar-refractivity contribution in [2.24, 2.45) is 0 Å². The van der Waals surface area contributed by atoms with Gasteiger partial charge in [-0.25, -0.2) is 0 Å². The average Bonchev–Trinajstić information content (AvgIpc) is 2.60. The molecule has 0 bridgehead atoms. The summed E-state index contributed by atoms with van der Waals surface area (Å²) in [6, 6.07) is 11.3. The standard InChI is InChI=1S/C21H26ClN3O2/c1-5-25(12-20(26)23-18-9-6-14(2)10-16(18)4)13-21(27)24-19-11-17(22)8-7-15(19)3/h6-11H,5,12-13H2,1-4H3,(H,23,26)(H,24,27)/p+1. The summed E-state index contributed by atoms with van der Waals surface area (Å²) in [5.41, 5.74) is 4.62. The fourth-order valence-electron chi connectivity index (χ4n) is 2.84. The highest BCUT2D eigenvalue weighted by Gasteiger charge is 2.18. The van der Waals surface area contributed by atoms with Crippen LogP contribution in [0, 0.1) is 20.8 Å². The number of benzene rings is 2. The monoisotopic (exact) mass is 388 g/mol. The topological polar surface area (TPSA) is 62.6 Å². The second kappa shape index (κ2) is 9.53. The second-order valence-electron chi connectivity index (χ2n) is 6.83. The van der Waals surface area contributed by atoms with Gasteiger partial charge < -0.3 is 15.5 Å². The summed E-state index contributed by atoms with van der Waals surface area (Å²) < 4.78 is 0. The average molecular weight is 389 g/mol. The molecule has 0 saturated heterocycles. The lowest BCUT2D eigenvalue weighted by atomic mass is 10.1. The summed E-state index contributed by atoms with van der Waals surface area (Å²) in [6.07, 6.45) is 0. The van der Waals surface area contributed by atoms with Gasteiger partial charge in [0.25, 0.3) is 11.8 Å². The lowest BCUT2D eigenvalue weighted by molar-refractivity contribution is -0.881. The van der Waals surface area contributed by atoms with Gasteiger partial charge in [-0.15, -0.1) is 0 Å². The molecule has 3 N–H and O–H groups in total. The molecule has 0 saturated carbocycles. The molecule has 2 aromatic carbocycles. The summed E-state index contributed by atoms with van der Waals surface area (Å²) in [6.45, 7) is 8.96. The third kappa shape index (κ3) is 6.38. The van der Waals surface area contributed by atoms with E-state index in [-0.39, 0.29) is 24.9 Å². The lowest BCUT2D eigenvalue weighted by Crippen LogP contribution is -3.13. The highest BCUT2D eigenvalue weighted by Crippen LogP contribution is 2.19. The first-order valence-corrected chi connectivity index (χ1v) is 9.43. The minimum Gasteiger partial charge on any atom is -0.321 e. The molecule has 0 aliphatic heterocycles. The number of carbonyl (C=O) groups excluding carboxylic acids is 2. The predicted octanol–water partition coefficient (Wildman–Crippen LogP) is 2.75. The van der Waals surface area contributed by atoms with E-state index in [9.17, 15) is 9.59 Å². The number of carbonyl (C=O) groups is 2. The van der Waals surface area contributed by atoms with E-state index < -0.39 is 0 Å². The number of aryl methyl sites for hydroxylation is 3. The molecule has 0 fully saturated rings. The largest absolute Gasteiger partial charge is 0.321 e. The van der Waals surface area contributed by atoms with Crippen molar-refractivity contribution >= 4 is 34.8 Å². The molecular weight excluding hydrogens is 362 g/mol. The fraction of sp³-hybridized carbons (Fsp3) is 0.333. The second-order valence-corrected chi connectivity index (χ2v) is 7.27. The molecule has 5 nitrogen and oxygen atoms in total. The molecule has 2 rings (SSSR count). The van der Waals surface area contributed by atoms with Crippen molar-refractivity contribution in [1.82, 2.24) is 0 Å². The first-order valence-electron chi connectivity index (χ1n) is 9.05. The van der Waals surface area contributed by atoms with Crippen molar-refractivity contribution in [2.75, 3.05) is 30.3 Å². The Bertz CT molecular complexity index is 836. The van der Waals surface area contributed by atoms with E-state index >= 15 is 0 Å². The van der Waals surface area contributed by atoms with Gasteiger partial charge in [0, 0.05) is 16.4 Å². The van der Waals surface area contributed by atoms with Gasteiger partial charge in [-0.3, -0.25) is 9.59 Å². The van der Waals surface area contributed by atoms with Gasteiger partial charge >= 0.3 is 0 Å². The van der Waals surface area contributed by atoms with Crippen LogP contribution in [-0.4, -0.2) is 31.4 Å². The summed E-state index contributed by atoms with van der Waals surface area (Å²) >= 11 is 5.99. The highest BCUT2D eigenvalue weighted by molar-refractivity contribution is 6.31. The third-order valence-electron chi connectivity index (χ3n) is 4.45. The minimum atomic E-state index is -0.142. The lowest BCUT2D eigenvalue weighted by Gasteiger charge is -2.18. The molecule has 2 aromatic rings. The van der Waals surface area contributed by atoms with E-state index in [0.717, 1.165) is 27.3 Å². The van der Waals surface area contributed by atoms with E-state index in [1.54, 1.807) is 12.1 Å². The van der Waals surface area contributed by atoms with E-state index in [1.807, 2.05) is 52.0 Å². The Morgan fingerprint density at radius 3 is 2.11 bits per heavy atom. The van der Waals surface area contributed by atoms with Crippen LogP contribution in [0.1, 0.15) is 23.6 Å². The number of halogens is 1. The smallest absolute Gasteiger partial charge is 0.279 e. The van der Waals surface area contributed by atoms with Crippen LogP contribution >= 0.6 is 11.6 Å². The molecule has 0 heterocycles. The van der Waals surface area contributed by atoms with E-state index in [0.29, 0.717) is 17.3 Å². The molecule has 6 heteroatoms. The Balaban J connectivity index is 1.93. The predicted molar refractivity (Wildman–Crippen MR) is 111 cm³/mol. The van der Waals surface area contributed by atoms with Crippen molar-refractivity contribution in [3.05, 3.63) is 58.1 Å². The zero-order valence-electron chi connectivity index (χ0n) is 16.3. The van der Waals surface area contributed by atoms with E-state index in [4.69, 9.17) is 11.6 Å². The van der Waals surface area contributed by atoms with E-state index in [2.05, 4.69) is 10.6 Å². The van der Waals surface area contributed by atoms with Gasteiger partial charge in [0.15, 0.2) is 13.1 Å². The number of nitrogens with one attached hydrogen (secondary N) is 3. The molecule has 0 radical (unpaired) electrons. The zero-order chi connectivity index (χ0) is 20.0. The number of hydrogen-bond acceptors (Lipinski definition) is 2. The summed E-state index contributed by atoms with van der Waals surface area (Å²) in [5.74, 6) is -0.248. The first-order chi connectivity index (χ1) is 12.8. The summed E-state index contributed by atoms with van der Waals surface area (Å²) in [4.78, 5) is 25.6. The van der Waals surface area contributed by atoms with Crippen LogP contribution in [0.25, 0.3) is 0 Å². The van der Waals surface area contributed by atoms with Gasteiger partial charge in [-0.1, -0.05) is 35.4 Å². The van der Waals surface area contributed by atoms with Crippen molar-refractivity contribution in [3.63, 3.8) is 0 Å². The Morgan fingerprint density at radius 1 is 0.889 bits per heavy atom. The molecule has 27 heavy (non-hydrogen) atoms. The quantitative estimate of drug-likeness (QED) is 0.683. The Kier molecular flexibility index (Phi) is 7.39. The number of amides is 2. The van der Waals surface area contributed by atoms with Crippen molar-refractivity contribution < 1.29 is 14.5 Å². The Labute approximate surface area is 165 Å². The van der Waals surface area contributed by atoms with Gasteiger partial charge in [-0.05, 0) is 57.0 Å². The van der Waals surface area contributed by atoms with Gasteiger partial charge in [0.1, 0.15) is 0 Å². The number of anilines is 2. The van der Waals surface area contributed by atoms with Gasteiger partial charge in [0.2, 0.25) is 0 Å². The molecule has 0 aliphatic carbocycles. The van der Waals surface area contributed by atoms with Gasteiger partial charge in [-0.2, -0.15) is 0 Å². The molecule has 144 valence electrons. The minimum absolute atomic E-state index is 0.106. The SMILES string of the molecule is CC[NH+](CC(=O)Nc1ccc(C)cc1C)CC(=O)Nc1cc(Cl)ccc1C. The molecule has 1 unspecified atom stereocenters. The molecule has 0 aromatic heterocycles. The summed E-state index contributed by atoms with van der Waals surface area (Å²) in [5, 5.41) is 6.38.